The fourth-order valence-electron chi connectivity index (χ4n) is 5.20. The topological polar surface area (TPSA) is 37.2 Å². The highest BCUT2D eigenvalue weighted by molar-refractivity contribution is 5.59. The predicted octanol–water partition coefficient (Wildman–Crippen LogP) is 5.28. The third-order valence-electron chi connectivity index (χ3n) is 6.71. The van der Waals surface area contributed by atoms with E-state index in [0.29, 0.717) is 6.04 Å². The molecule has 5 heteroatoms. The molecule has 0 aromatic carbocycles. The van der Waals surface area contributed by atoms with Gasteiger partial charge in [-0.15, -0.1) is 0 Å². The van der Waals surface area contributed by atoms with Gasteiger partial charge in [0.05, 0.1) is 29.7 Å². The Bertz CT molecular complexity index is 1070. The molecule has 2 aromatic rings. The third kappa shape index (κ3) is 5.26. The Kier molecular flexibility index (Phi) is 7.41. The van der Waals surface area contributed by atoms with Gasteiger partial charge < -0.3 is 9.47 Å². The first kappa shape index (κ1) is 23.4. The van der Waals surface area contributed by atoms with Gasteiger partial charge in [-0.3, -0.25) is 9.88 Å². The summed E-state index contributed by atoms with van der Waals surface area (Å²) in [5.41, 5.74) is 7.40. The molecule has 0 fully saturated rings. The van der Waals surface area contributed by atoms with Gasteiger partial charge in [-0.05, 0) is 82.6 Å². The number of aromatic nitrogens is 3. The monoisotopic (exact) mass is 443 g/mol. The second-order valence-electron chi connectivity index (χ2n) is 9.52. The van der Waals surface area contributed by atoms with Crippen molar-refractivity contribution in [2.75, 3.05) is 27.7 Å². The molecule has 0 spiro atoms. The lowest BCUT2D eigenvalue weighted by molar-refractivity contribution is 0.201. The predicted molar refractivity (Wildman–Crippen MR) is 138 cm³/mol. The van der Waals surface area contributed by atoms with Crippen molar-refractivity contribution in [2.45, 2.75) is 51.2 Å². The summed E-state index contributed by atoms with van der Waals surface area (Å²) < 4.78 is 2.32. The summed E-state index contributed by atoms with van der Waals surface area (Å²) in [7, 11) is 6.46. The minimum Gasteiger partial charge on any atom is -0.322 e. The van der Waals surface area contributed by atoms with Crippen molar-refractivity contribution in [3.63, 3.8) is 0 Å². The van der Waals surface area contributed by atoms with E-state index in [1.165, 1.54) is 28.8 Å². The standard InChI is InChI=1S/C28H37N5/c1-6-24-25(7-2)33(19-22-12-8-11-21(17-22)18-31(3)4)27(30-24)20-32(5)26-15-9-13-23-14-10-16-29-28(23)26/h6-7,10,12,14,16-17,26H,1-2,8-9,11,13,15,18-20H2,3-5H3. The molecule has 4 rings (SSSR count). The van der Waals surface area contributed by atoms with Crippen molar-refractivity contribution in [1.29, 1.82) is 0 Å². The molecule has 0 N–H and O–H groups in total. The zero-order chi connectivity index (χ0) is 23.4. The molecule has 0 aliphatic heterocycles. The van der Waals surface area contributed by atoms with Crippen LogP contribution in [-0.4, -0.2) is 52.0 Å². The highest BCUT2D eigenvalue weighted by atomic mass is 15.2. The third-order valence-corrected chi connectivity index (χ3v) is 6.71. The van der Waals surface area contributed by atoms with Gasteiger partial charge in [-0.25, -0.2) is 4.98 Å². The number of fused-ring (bicyclic) bond motifs is 1. The summed E-state index contributed by atoms with van der Waals surface area (Å²) in [5, 5.41) is 0. The van der Waals surface area contributed by atoms with Crippen molar-refractivity contribution in [2.24, 2.45) is 0 Å². The van der Waals surface area contributed by atoms with Crippen LogP contribution in [0.1, 0.15) is 60.2 Å². The molecule has 2 aliphatic carbocycles. The van der Waals surface area contributed by atoms with Gasteiger partial charge in [-0.2, -0.15) is 0 Å². The number of hydrogen-bond acceptors (Lipinski definition) is 4. The molecule has 0 bridgehead atoms. The molecule has 174 valence electrons. The number of aryl methyl sites for hydroxylation is 1. The highest BCUT2D eigenvalue weighted by Crippen LogP contribution is 2.33. The van der Waals surface area contributed by atoms with Gasteiger partial charge in [0.1, 0.15) is 5.82 Å². The minimum atomic E-state index is 0.319. The van der Waals surface area contributed by atoms with E-state index in [4.69, 9.17) is 9.97 Å². The summed E-state index contributed by atoms with van der Waals surface area (Å²) in [6.45, 7) is 10.7. The largest absolute Gasteiger partial charge is 0.322 e. The van der Waals surface area contributed by atoms with Crippen molar-refractivity contribution in [3.05, 3.63) is 83.3 Å². The molecule has 0 amide bonds. The number of pyridine rings is 1. The lowest BCUT2D eigenvalue weighted by Gasteiger charge is -2.32. The van der Waals surface area contributed by atoms with E-state index in [1.807, 2.05) is 18.3 Å². The van der Waals surface area contributed by atoms with Crippen LogP contribution in [0.5, 0.6) is 0 Å². The number of hydrogen-bond donors (Lipinski definition) is 0. The number of nitrogens with zero attached hydrogens (tertiary/aromatic N) is 5. The minimum absolute atomic E-state index is 0.319. The van der Waals surface area contributed by atoms with Crippen molar-refractivity contribution < 1.29 is 0 Å². The van der Waals surface area contributed by atoms with Crippen molar-refractivity contribution in [3.8, 4) is 0 Å². The Morgan fingerprint density at radius 3 is 2.76 bits per heavy atom. The van der Waals surface area contributed by atoms with Gasteiger partial charge in [0, 0.05) is 19.3 Å². The summed E-state index contributed by atoms with van der Waals surface area (Å²) >= 11 is 0. The highest BCUT2D eigenvalue weighted by Gasteiger charge is 2.26. The van der Waals surface area contributed by atoms with E-state index in [0.717, 1.165) is 62.5 Å². The van der Waals surface area contributed by atoms with Gasteiger partial charge in [0.2, 0.25) is 0 Å². The molecule has 0 saturated carbocycles. The fraction of sp³-hybridized carbons (Fsp3) is 0.429. The molecule has 5 nitrogen and oxygen atoms in total. The Balaban J connectivity index is 1.61. The summed E-state index contributed by atoms with van der Waals surface area (Å²) in [6, 6.07) is 4.60. The Labute approximate surface area is 198 Å². The molecule has 2 heterocycles. The van der Waals surface area contributed by atoms with Gasteiger partial charge in [0.25, 0.3) is 0 Å². The molecule has 0 radical (unpaired) electrons. The molecule has 2 aromatic heterocycles. The molecule has 1 unspecified atom stereocenters. The maximum Gasteiger partial charge on any atom is 0.124 e. The molecule has 0 saturated heterocycles. The molecule has 1 atom stereocenters. The number of likely N-dealkylation sites (N-methyl/N-ethyl adjacent to an activating group) is 1. The normalized spacial score (nSPS) is 18.2. The fourth-order valence-corrected chi connectivity index (χ4v) is 5.20. The van der Waals surface area contributed by atoms with E-state index >= 15 is 0 Å². The van der Waals surface area contributed by atoms with Crippen molar-refractivity contribution in [1.82, 2.24) is 24.3 Å². The van der Waals surface area contributed by atoms with Crippen LogP contribution in [0.2, 0.25) is 0 Å². The van der Waals surface area contributed by atoms with Gasteiger partial charge in [0.15, 0.2) is 0 Å². The average molecular weight is 444 g/mol. The summed E-state index contributed by atoms with van der Waals surface area (Å²) in [5.74, 6) is 1.05. The van der Waals surface area contributed by atoms with E-state index in [9.17, 15) is 0 Å². The Morgan fingerprint density at radius 2 is 2.00 bits per heavy atom. The lowest BCUT2D eigenvalue weighted by atomic mass is 9.91. The maximum absolute atomic E-state index is 4.98. The second-order valence-corrected chi connectivity index (χ2v) is 9.52. The Hall–Kier alpha value is -2.76. The first-order chi connectivity index (χ1) is 16.0. The van der Waals surface area contributed by atoms with Crippen LogP contribution in [0.3, 0.4) is 0 Å². The average Bonchev–Trinajstić information content (AvgIpc) is 3.14. The SMILES string of the molecule is C=Cc1nc(CN(C)C2CCCc3cccnc32)n(CC2=CCCC(CN(C)C)=C2)c1C=C. The molecule has 2 aliphatic rings. The van der Waals surface area contributed by atoms with Gasteiger partial charge in [-0.1, -0.05) is 36.9 Å². The van der Waals surface area contributed by atoms with Gasteiger partial charge >= 0.3 is 0 Å². The molecule has 33 heavy (non-hydrogen) atoms. The maximum atomic E-state index is 4.98. The Morgan fingerprint density at radius 1 is 1.15 bits per heavy atom. The zero-order valence-corrected chi connectivity index (χ0v) is 20.4. The van der Waals surface area contributed by atoms with E-state index in [1.54, 1.807) is 0 Å². The smallest absolute Gasteiger partial charge is 0.124 e. The number of imidazole rings is 1. The second kappa shape index (κ2) is 10.4. The molecular formula is C28H37N5. The molecular weight excluding hydrogens is 406 g/mol. The number of allylic oxidation sites excluding steroid dienone is 3. The first-order valence-electron chi connectivity index (χ1n) is 12.0. The van der Waals surface area contributed by atoms with Crippen LogP contribution in [0.25, 0.3) is 12.2 Å². The van der Waals surface area contributed by atoms with Crippen LogP contribution in [-0.2, 0) is 19.5 Å². The van der Waals surface area contributed by atoms with Crippen molar-refractivity contribution >= 4 is 12.2 Å². The van der Waals surface area contributed by atoms with E-state index in [2.05, 4.69) is 73.0 Å². The van der Waals surface area contributed by atoms with E-state index < -0.39 is 0 Å². The van der Waals surface area contributed by atoms with E-state index in [-0.39, 0.29) is 0 Å². The lowest BCUT2D eigenvalue weighted by Crippen LogP contribution is -2.29. The van der Waals surface area contributed by atoms with Crippen LogP contribution >= 0.6 is 0 Å². The number of rotatable bonds is 9. The first-order valence-corrected chi connectivity index (χ1v) is 12.0. The summed E-state index contributed by atoms with van der Waals surface area (Å²) in [4.78, 5) is 14.4. The zero-order valence-electron chi connectivity index (χ0n) is 20.4. The van der Waals surface area contributed by atoms with Crippen LogP contribution < -0.4 is 0 Å². The van der Waals surface area contributed by atoms with Crippen LogP contribution in [0.4, 0.5) is 0 Å². The van der Waals surface area contributed by atoms with Crippen LogP contribution in [0.15, 0.2) is 54.8 Å². The van der Waals surface area contributed by atoms with Crippen LogP contribution in [0, 0.1) is 0 Å². The quantitative estimate of drug-likeness (QED) is 0.528. The summed E-state index contributed by atoms with van der Waals surface area (Å²) in [6.07, 6.45) is 16.1.